The number of imide groups is 1. The standard InChI is InChI=1S/C15H20ClN3O2/c1-11(16)14(20)18-15(21)17-12-5-7-13(8-6-12)19-9-3-2-4-10-19/h5-8,11H,2-4,9-10H2,1H3,(H2,17,18,20,21). The van der Waals surface area contributed by atoms with Gasteiger partial charge < -0.3 is 10.2 Å². The minimum Gasteiger partial charge on any atom is -0.372 e. The summed E-state index contributed by atoms with van der Waals surface area (Å²) in [4.78, 5) is 25.2. The Morgan fingerprint density at radius 1 is 1.14 bits per heavy atom. The Labute approximate surface area is 129 Å². The maximum absolute atomic E-state index is 11.6. The SMILES string of the molecule is CC(Cl)C(=O)NC(=O)Nc1ccc(N2CCCCC2)cc1. The zero-order valence-corrected chi connectivity index (χ0v) is 12.8. The Bertz CT molecular complexity index is 496. The molecular formula is C15H20ClN3O2. The van der Waals surface area contributed by atoms with Gasteiger partial charge in [0.15, 0.2) is 0 Å². The number of hydrogen-bond acceptors (Lipinski definition) is 3. The van der Waals surface area contributed by atoms with Gasteiger partial charge in [-0.05, 0) is 50.5 Å². The van der Waals surface area contributed by atoms with Crippen molar-refractivity contribution in [3.05, 3.63) is 24.3 Å². The van der Waals surface area contributed by atoms with Crippen molar-refractivity contribution in [2.75, 3.05) is 23.3 Å². The summed E-state index contributed by atoms with van der Waals surface area (Å²) in [6.45, 7) is 3.67. The van der Waals surface area contributed by atoms with Crippen LogP contribution in [0.25, 0.3) is 0 Å². The molecule has 0 bridgehead atoms. The molecule has 0 saturated carbocycles. The van der Waals surface area contributed by atoms with Crippen LogP contribution < -0.4 is 15.5 Å². The van der Waals surface area contributed by atoms with Crippen LogP contribution in [0.15, 0.2) is 24.3 Å². The number of anilines is 2. The molecule has 1 aliphatic rings. The summed E-state index contributed by atoms with van der Waals surface area (Å²) in [6.07, 6.45) is 3.74. The molecule has 3 amide bonds. The molecule has 5 nitrogen and oxygen atoms in total. The van der Waals surface area contributed by atoms with Gasteiger partial charge in [-0.25, -0.2) is 4.79 Å². The minimum absolute atomic E-state index is 0.515. The average molecular weight is 310 g/mol. The molecule has 0 aliphatic carbocycles. The van der Waals surface area contributed by atoms with E-state index in [2.05, 4.69) is 15.5 Å². The van der Waals surface area contributed by atoms with E-state index in [-0.39, 0.29) is 0 Å². The molecule has 1 saturated heterocycles. The van der Waals surface area contributed by atoms with Gasteiger partial charge in [-0.15, -0.1) is 11.6 Å². The number of rotatable bonds is 3. The molecule has 1 fully saturated rings. The first-order valence-corrected chi connectivity index (χ1v) is 7.61. The molecule has 1 aromatic carbocycles. The van der Waals surface area contributed by atoms with Gasteiger partial charge in [0, 0.05) is 24.5 Å². The summed E-state index contributed by atoms with van der Waals surface area (Å²) < 4.78 is 0. The van der Waals surface area contributed by atoms with E-state index in [4.69, 9.17) is 11.6 Å². The van der Waals surface area contributed by atoms with Crippen LogP contribution in [-0.2, 0) is 4.79 Å². The smallest absolute Gasteiger partial charge is 0.325 e. The highest BCUT2D eigenvalue weighted by atomic mass is 35.5. The second-order valence-electron chi connectivity index (χ2n) is 5.15. The van der Waals surface area contributed by atoms with Crippen molar-refractivity contribution < 1.29 is 9.59 Å². The molecule has 2 rings (SSSR count). The molecule has 114 valence electrons. The first kappa shape index (κ1) is 15.6. The lowest BCUT2D eigenvalue weighted by molar-refractivity contribution is -0.119. The van der Waals surface area contributed by atoms with Crippen LogP contribution in [0.4, 0.5) is 16.2 Å². The summed E-state index contributed by atoms with van der Waals surface area (Å²) in [7, 11) is 0. The third-order valence-corrected chi connectivity index (χ3v) is 3.64. The summed E-state index contributed by atoms with van der Waals surface area (Å²) in [5.41, 5.74) is 1.80. The topological polar surface area (TPSA) is 61.4 Å². The highest BCUT2D eigenvalue weighted by molar-refractivity contribution is 6.31. The molecule has 1 heterocycles. The molecule has 1 aromatic rings. The highest BCUT2D eigenvalue weighted by Crippen LogP contribution is 2.21. The molecule has 1 unspecified atom stereocenters. The average Bonchev–Trinajstić information content (AvgIpc) is 2.48. The second-order valence-corrected chi connectivity index (χ2v) is 5.81. The number of halogens is 1. The molecule has 0 aromatic heterocycles. The number of amides is 3. The van der Waals surface area contributed by atoms with E-state index in [0.717, 1.165) is 18.8 Å². The minimum atomic E-state index is -0.739. The van der Waals surface area contributed by atoms with Crippen molar-refractivity contribution in [3.63, 3.8) is 0 Å². The number of carbonyl (C=O) groups excluding carboxylic acids is 2. The molecule has 1 atom stereocenters. The Morgan fingerprint density at radius 2 is 1.76 bits per heavy atom. The number of carbonyl (C=O) groups is 2. The first-order chi connectivity index (χ1) is 10.1. The van der Waals surface area contributed by atoms with Crippen LogP contribution in [0.5, 0.6) is 0 Å². The summed E-state index contributed by atoms with van der Waals surface area (Å²) in [6, 6.07) is 7.05. The zero-order valence-electron chi connectivity index (χ0n) is 12.1. The van der Waals surface area contributed by atoms with E-state index in [1.165, 1.54) is 26.2 Å². The van der Waals surface area contributed by atoms with Crippen LogP contribution >= 0.6 is 11.6 Å². The monoisotopic (exact) mass is 309 g/mol. The molecule has 0 spiro atoms. The van der Waals surface area contributed by atoms with Crippen molar-refractivity contribution in [2.45, 2.75) is 31.6 Å². The van der Waals surface area contributed by atoms with Gasteiger partial charge in [0.05, 0.1) is 0 Å². The predicted molar refractivity (Wildman–Crippen MR) is 85.0 cm³/mol. The van der Waals surface area contributed by atoms with Gasteiger partial charge in [-0.2, -0.15) is 0 Å². The lowest BCUT2D eigenvalue weighted by atomic mass is 10.1. The lowest BCUT2D eigenvalue weighted by Gasteiger charge is -2.28. The normalized spacial score (nSPS) is 16.2. The Balaban J connectivity index is 1.90. The molecular weight excluding hydrogens is 290 g/mol. The number of urea groups is 1. The second kappa shape index (κ2) is 7.31. The van der Waals surface area contributed by atoms with Crippen molar-refractivity contribution in [2.24, 2.45) is 0 Å². The molecule has 21 heavy (non-hydrogen) atoms. The maximum Gasteiger partial charge on any atom is 0.325 e. The van der Waals surface area contributed by atoms with Crippen molar-refractivity contribution in [1.29, 1.82) is 0 Å². The van der Waals surface area contributed by atoms with E-state index in [1.54, 1.807) is 0 Å². The Kier molecular flexibility index (Phi) is 5.44. The van der Waals surface area contributed by atoms with Gasteiger partial charge in [-0.3, -0.25) is 10.1 Å². The van der Waals surface area contributed by atoms with Gasteiger partial charge in [0.25, 0.3) is 0 Å². The van der Waals surface area contributed by atoms with Crippen LogP contribution in [0.1, 0.15) is 26.2 Å². The fraction of sp³-hybridized carbons (Fsp3) is 0.467. The van der Waals surface area contributed by atoms with E-state index >= 15 is 0 Å². The summed E-state index contributed by atoms with van der Waals surface area (Å²) in [5.74, 6) is -0.515. The van der Waals surface area contributed by atoms with Gasteiger partial charge in [-0.1, -0.05) is 0 Å². The van der Waals surface area contributed by atoms with Gasteiger partial charge >= 0.3 is 6.03 Å². The number of alkyl halides is 1. The number of hydrogen-bond donors (Lipinski definition) is 2. The maximum atomic E-state index is 11.6. The van der Waals surface area contributed by atoms with Crippen molar-refractivity contribution >= 4 is 34.9 Å². The molecule has 2 N–H and O–H groups in total. The van der Waals surface area contributed by atoms with Crippen LogP contribution in [0.2, 0.25) is 0 Å². The predicted octanol–water partition coefficient (Wildman–Crippen LogP) is 2.95. The highest BCUT2D eigenvalue weighted by Gasteiger charge is 2.13. The number of nitrogens with one attached hydrogen (secondary N) is 2. The Morgan fingerprint density at radius 3 is 2.33 bits per heavy atom. The quantitative estimate of drug-likeness (QED) is 0.844. The number of piperidine rings is 1. The third-order valence-electron chi connectivity index (χ3n) is 3.44. The number of benzene rings is 1. The summed E-state index contributed by atoms with van der Waals surface area (Å²) in [5, 5.41) is 4.05. The van der Waals surface area contributed by atoms with E-state index < -0.39 is 17.3 Å². The molecule has 0 radical (unpaired) electrons. The molecule has 6 heteroatoms. The van der Waals surface area contributed by atoms with Crippen LogP contribution in [0, 0.1) is 0 Å². The van der Waals surface area contributed by atoms with Crippen molar-refractivity contribution in [3.8, 4) is 0 Å². The van der Waals surface area contributed by atoms with Crippen LogP contribution in [0.3, 0.4) is 0 Å². The number of nitrogens with zero attached hydrogens (tertiary/aromatic N) is 1. The lowest BCUT2D eigenvalue weighted by Crippen LogP contribution is -2.38. The van der Waals surface area contributed by atoms with E-state index in [1.807, 2.05) is 24.3 Å². The largest absolute Gasteiger partial charge is 0.372 e. The van der Waals surface area contributed by atoms with Crippen LogP contribution in [-0.4, -0.2) is 30.4 Å². The van der Waals surface area contributed by atoms with Gasteiger partial charge in [0.1, 0.15) is 5.38 Å². The summed E-state index contributed by atoms with van der Waals surface area (Å²) >= 11 is 5.58. The fourth-order valence-corrected chi connectivity index (χ4v) is 2.34. The zero-order chi connectivity index (χ0) is 15.2. The molecule has 1 aliphatic heterocycles. The first-order valence-electron chi connectivity index (χ1n) is 7.17. The van der Waals surface area contributed by atoms with E-state index in [9.17, 15) is 9.59 Å². The van der Waals surface area contributed by atoms with Crippen molar-refractivity contribution in [1.82, 2.24) is 5.32 Å². The third kappa shape index (κ3) is 4.63. The van der Waals surface area contributed by atoms with Gasteiger partial charge in [0.2, 0.25) is 5.91 Å². The fourth-order valence-electron chi connectivity index (χ4n) is 2.28. The Hall–Kier alpha value is -1.75. The van der Waals surface area contributed by atoms with E-state index in [0.29, 0.717) is 5.69 Å².